The third-order valence-electron chi connectivity index (χ3n) is 5.23. The third-order valence-corrected chi connectivity index (χ3v) is 5.23. The van der Waals surface area contributed by atoms with Crippen molar-refractivity contribution in [2.75, 3.05) is 0 Å². The van der Waals surface area contributed by atoms with Gasteiger partial charge in [0, 0.05) is 22.5 Å². The van der Waals surface area contributed by atoms with Crippen molar-refractivity contribution in [3.05, 3.63) is 96.6 Å². The molecule has 3 aromatic heterocycles. The molecule has 0 aliphatic rings. The van der Waals surface area contributed by atoms with E-state index in [2.05, 4.69) is 52.7 Å². The van der Waals surface area contributed by atoms with Gasteiger partial charge in [-0.05, 0) is 24.1 Å². The van der Waals surface area contributed by atoms with Gasteiger partial charge >= 0.3 is 0 Å². The molecule has 0 fully saturated rings. The van der Waals surface area contributed by atoms with E-state index in [1.807, 2.05) is 42.7 Å². The number of nitrogens with zero attached hydrogens (tertiary/aromatic N) is 3. The van der Waals surface area contributed by atoms with E-state index in [-0.39, 0.29) is 0 Å². The van der Waals surface area contributed by atoms with Crippen molar-refractivity contribution in [3.63, 3.8) is 0 Å². The summed E-state index contributed by atoms with van der Waals surface area (Å²) in [5, 5.41) is 2.19. The molecule has 4 heteroatoms. The van der Waals surface area contributed by atoms with Gasteiger partial charge in [0.1, 0.15) is 18.2 Å². The fourth-order valence-electron chi connectivity index (χ4n) is 3.65. The van der Waals surface area contributed by atoms with Gasteiger partial charge in [0.2, 0.25) is 0 Å². The highest BCUT2D eigenvalue weighted by Gasteiger charge is 2.13. The molecule has 0 atom stereocenters. The number of imidazole rings is 1. The van der Waals surface area contributed by atoms with Crippen LogP contribution in [0.5, 0.6) is 5.75 Å². The van der Waals surface area contributed by atoms with Crippen LogP contribution in [0.1, 0.15) is 18.2 Å². The van der Waals surface area contributed by atoms with Crippen molar-refractivity contribution < 1.29 is 4.74 Å². The van der Waals surface area contributed by atoms with Crippen LogP contribution >= 0.6 is 0 Å². The molecule has 5 rings (SSSR count). The highest BCUT2D eigenvalue weighted by Crippen LogP contribution is 2.32. The van der Waals surface area contributed by atoms with Gasteiger partial charge in [-0.2, -0.15) is 0 Å². The summed E-state index contributed by atoms with van der Waals surface area (Å²) in [5.41, 5.74) is 4.38. The standard InChI is InChI=1S/C25H21N3O/c1-2-18-10-12-19(13-11-18)25-27-15-23-21-8-3-4-9-22(21)24(16-28(23)25)29-17-20-7-5-6-14-26-20/h3-16H,2,17H2,1H3. The number of rotatable bonds is 5. The summed E-state index contributed by atoms with van der Waals surface area (Å²) in [6.07, 6.45) is 6.79. The summed E-state index contributed by atoms with van der Waals surface area (Å²) in [6.45, 7) is 2.59. The Labute approximate surface area is 169 Å². The minimum atomic E-state index is 0.422. The Kier molecular flexibility index (Phi) is 4.45. The lowest BCUT2D eigenvalue weighted by atomic mass is 10.1. The zero-order valence-electron chi connectivity index (χ0n) is 16.2. The van der Waals surface area contributed by atoms with E-state index in [9.17, 15) is 0 Å². The molecule has 29 heavy (non-hydrogen) atoms. The lowest BCUT2D eigenvalue weighted by Crippen LogP contribution is -2.00. The van der Waals surface area contributed by atoms with Gasteiger partial charge in [-0.25, -0.2) is 4.98 Å². The summed E-state index contributed by atoms with van der Waals surface area (Å²) < 4.78 is 8.32. The molecule has 0 radical (unpaired) electrons. The Bertz CT molecular complexity index is 1270. The maximum absolute atomic E-state index is 6.20. The van der Waals surface area contributed by atoms with E-state index in [0.717, 1.165) is 45.5 Å². The molecule has 5 aromatic rings. The first-order chi connectivity index (χ1) is 14.3. The topological polar surface area (TPSA) is 39.4 Å². The largest absolute Gasteiger partial charge is 0.485 e. The fourth-order valence-corrected chi connectivity index (χ4v) is 3.65. The number of benzene rings is 2. The molecule has 0 spiro atoms. The highest BCUT2D eigenvalue weighted by atomic mass is 16.5. The van der Waals surface area contributed by atoms with E-state index in [4.69, 9.17) is 9.72 Å². The number of aryl methyl sites for hydroxylation is 1. The smallest absolute Gasteiger partial charge is 0.144 e. The zero-order chi connectivity index (χ0) is 19.6. The molecular weight excluding hydrogens is 358 g/mol. The van der Waals surface area contributed by atoms with Gasteiger partial charge in [-0.1, -0.05) is 61.5 Å². The lowest BCUT2D eigenvalue weighted by molar-refractivity contribution is 0.303. The molecule has 3 heterocycles. The Morgan fingerprint density at radius 2 is 1.66 bits per heavy atom. The van der Waals surface area contributed by atoms with Crippen LogP contribution in [-0.4, -0.2) is 14.4 Å². The van der Waals surface area contributed by atoms with Gasteiger partial charge in [-0.3, -0.25) is 9.38 Å². The quantitative estimate of drug-likeness (QED) is 0.394. The van der Waals surface area contributed by atoms with Crippen LogP contribution in [0.25, 0.3) is 27.7 Å². The Hall–Kier alpha value is -3.66. The van der Waals surface area contributed by atoms with Crippen LogP contribution in [0.2, 0.25) is 0 Å². The number of hydrogen-bond donors (Lipinski definition) is 0. The monoisotopic (exact) mass is 379 g/mol. The molecule has 0 saturated heterocycles. The normalized spacial score (nSPS) is 11.2. The number of hydrogen-bond acceptors (Lipinski definition) is 3. The maximum Gasteiger partial charge on any atom is 0.144 e. The fraction of sp³-hybridized carbons (Fsp3) is 0.120. The summed E-state index contributed by atoms with van der Waals surface area (Å²) in [4.78, 5) is 9.09. The molecule has 0 amide bonds. The van der Waals surface area contributed by atoms with Crippen LogP contribution < -0.4 is 4.74 Å². The summed E-state index contributed by atoms with van der Waals surface area (Å²) in [5.74, 6) is 1.74. The highest BCUT2D eigenvalue weighted by molar-refractivity contribution is 6.00. The van der Waals surface area contributed by atoms with Crippen molar-refractivity contribution in [1.82, 2.24) is 14.4 Å². The molecule has 0 aliphatic carbocycles. The SMILES string of the molecule is CCc1ccc(-c2ncc3c4ccccc4c(OCc4ccccn4)cn23)cc1. The molecular formula is C25H21N3O. The lowest BCUT2D eigenvalue weighted by Gasteiger charge is -2.12. The number of pyridine rings is 2. The number of aromatic nitrogens is 3. The van der Waals surface area contributed by atoms with Crippen LogP contribution in [0, 0.1) is 0 Å². The van der Waals surface area contributed by atoms with E-state index in [1.54, 1.807) is 6.20 Å². The molecule has 0 unspecified atom stereocenters. The van der Waals surface area contributed by atoms with Crippen LogP contribution in [0.3, 0.4) is 0 Å². The van der Waals surface area contributed by atoms with Crippen LogP contribution in [-0.2, 0) is 13.0 Å². The molecule has 142 valence electrons. The van der Waals surface area contributed by atoms with Gasteiger partial charge in [0.05, 0.1) is 23.6 Å². The number of fused-ring (bicyclic) bond motifs is 3. The first-order valence-corrected chi connectivity index (χ1v) is 9.84. The Morgan fingerprint density at radius 1 is 0.862 bits per heavy atom. The van der Waals surface area contributed by atoms with Crippen molar-refractivity contribution >= 4 is 16.3 Å². The second kappa shape index (κ2) is 7.40. The van der Waals surface area contributed by atoms with E-state index in [1.165, 1.54) is 5.56 Å². The Morgan fingerprint density at radius 3 is 2.41 bits per heavy atom. The zero-order valence-corrected chi connectivity index (χ0v) is 16.2. The van der Waals surface area contributed by atoms with E-state index >= 15 is 0 Å². The van der Waals surface area contributed by atoms with Crippen LogP contribution in [0.4, 0.5) is 0 Å². The second-order valence-electron chi connectivity index (χ2n) is 7.04. The van der Waals surface area contributed by atoms with Crippen molar-refractivity contribution in [2.45, 2.75) is 20.0 Å². The van der Waals surface area contributed by atoms with Crippen molar-refractivity contribution in [2.24, 2.45) is 0 Å². The van der Waals surface area contributed by atoms with Gasteiger partial charge in [-0.15, -0.1) is 0 Å². The van der Waals surface area contributed by atoms with Gasteiger partial charge < -0.3 is 4.74 Å². The first-order valence-electron chi connectivity index (χ1n) is 9.84. The molecule has 0 bridgehead atoms. The summed E-state index contributed by atoms with van der Waals surface area (Å²) in [7, 11) is 0. The van der Waals surface area contributed by atoms with Gasteiger partial charge in [0.15, 0.2) is 0 Å². The Balaban J connectivity index is 1.63. The molecule has 0 saturated carbocycles. The molecule has 0 aliphatic heterocycles. The number of ether oxygens (including phenoxy) is 1. The molecule has 2 aromatic carbocycles. The van der Waals surface area contributed by atoms with Crippen LogP contribution in [0.15, 0.2) is 85.3 Å². The summed E-state index contributed by atoms with van der Waals surface area (Å²) in [6, 6.07) is 22.7. The average molecular weight is 379 g/mol. The van der Waals surface area contributed by atoms with E-state index in [0.29, 0.717) is 6.61 Å². The predicted molar refractivity (Wildman–Crippen MR) is 116 cm³/mol. The van der Waals surface area contributed by atoms with Crippen molar-refractivity contribution in [3.8, 4) is 17.1 Å². The van der Waals surface area contributed by atoms with E-state index < -0.39 is 0 Å². The van der Waals surface area contributed by atoms with Gasteiger partial charge in [0.25, 0.3) is 0 Å². The first kappa shape index (κ1) is 17.4. The minimum absolute atomic E-state index is 0.422. The molecule has 4 nitrogen and oxygen atoms in total. The third kappa shape index (κ3) is 3.23. The molecule has 0 N–H and O–H groups in total. The summed E-state index contributed by atoms with van der Waals surface area (Å²) >= 11 is 0. The van der Waals surface area contributed by atoms with Crippen molar-refractivity contribution in [1.29, 1.82) is 0 Å². The predicted octanol–water partition coefficient (Wildman–Crippen LogP) is 5.69. The average Bonchev–Trinajstić information content (AvgIpc) is 3.22. The second-order valence-corrected chi connectivity index (χ2v) is 7.04. The maximum atomic E-state index is 6.20. The minimum Gasteiger partial charge on any atom is -0.485 e.